The van der Waals surface area contributed by atoms with Gasteiger partial charge in [0.2, 0.25) is 11.6 Å². The molecule has 1 atom stereocenters. The Morgan fingerprint density at radius 3 is 2.24 bits per heavy atom. The Morgan fingerprint density at radius 2 is 1.67 bits per heavy atom. The van der Waals surface area contributed by atoms with Gasteiger partial charge in [-0.15, -0.1) is 24.0 Å². The van der Waals surface area contributed by atoms with Crippen molar-refractivity contribution in [3.05, 3.63) is 78.0 Å². The number of hydrogen-bond acceptors (Lipinski definition) is 5. The predicted molar refractivity (Wildman–Crippen MR) is 142 cm³/mol. The summed E-state index contributed by atoms with van der Waals surface area (Å²) in [5.41, 5.74) is 2.17. The summed E-state index contributed by atoms with van der Waals surface area (Å²) in [4.78, 5) is 9.11. The Morgan fingerprint density at radius 1 is 0.970 bits per heavy atom. The monoisotopic (exact) mass is 562 g/mol. The quantitative estimate of drug-likeness (QED) is 0.209. The Bertz CT molecular complexity index is 992. The van der Waals surface area contributed by atoms with Crippen molar-refractivity contribution in [2.24, 2.45) is 4.99 Å². The minimum Gasteiger partial charge on any atom is -0.493 e. The van der Waals surface area contributed by atoms with Gasteiger partial charge in [0.05, 0.1) is 26.8 Å². The molecule has 0 spiro atoms. The molecule has 3 rings (SSSR count). The number of benzene rings is 2. The maximum atomic E-state index is 5.92. The fourth-order valence-corrected chi connectivity index (χ4v) is 3.11. The fourth-order valence-electron chi connectivity index (χ4n) is 3.11. The molecule has 8 heteroatoms. The number of nitrogens with one attached hydrogen (secondary N) is 2. The second-order valence-electron chi connectivity index (χ2n) is 7.07. The van der Waals surface area contributed by atoms with Gasteiger partial charge in [-0.25, -0.2) is 9.98 Å². The summed E-state index contributed by atoms with van der Waals surface area (Å²) >= 11 is 0. The van der Waals surface area contributed by atoms with Gasteiger partial charge in [0.25, 0.3) is 0 Å². The predicted octanol–water partition coefficient (Wildman–Crippen LogP) is 5.33. The Hall–Kier alpha value is -3.01. The van der Waals surface area contributed by atoms with Crippen LogP contribution in [-0.4, -0.2) is 31.7 Å². The molecule has 1 unspecified atom stereocenters. The van der Waals surface area contributed by atoms with Crippen molar-refractivity contribution < 1.29 is 14.2 Å². The standard InChI is InChI=1S/C25H30N4O3.HI/c1-5-26-25(29-18(2)20-10-7-6-8-11-20)28-17-19-14-15-23(27-16-19)32-24-21(30-3)12-9-13-22(24)31-4;/h6-16,18H,5,17H2,1-4H3,(H2,26,28,29);1H. The van der Waals surface area contributed by atoms with E-state index in [4.69, 9.17) is 19.2 Å². The van der Waals surface area contributed by atoms with Gasteiger partial charge in [-0.05, 0) is 37.1 Å². The molecule has 1 aromatic heterocycles. The first kappa shape index (κ1) is 26.2. The van der Waals surface area contributed by atoms with E-state index in [0.717, 1.165) is 18.1 Å². The highest BCUT2D eigenvalue weighted by molar-refractivity contribution is 14.0. The zero-order chi connectivity index (χ0) is 22.8. The molecule has 0 aliphatic carbocycles. The zero-order valence-corrected chi connectivity index (χ0v) is 21.7. The normalized spacial score (nSPS) is 11.7. The van der Waals surface area contributed by atoms with E-state index >= 15 is 0 Å². The lowest BCUT2D eigenvalue weighted by molar-refractivity contribution is 0.342. The number of aliphatic imine (C=N–C) groups is 1. The molecule has 2 N–H and O–H groups in total. The first-order valence-corrected chi connectivity index (χ1v) is 10.6. The molecule has 0 saturated heterocycles. The van der Waals surface area contributed by atoms with Crippen molar-refractivity contribution >= 4 is 29.9 Å². The molecule has 2 aromatic carbocycles. The van der Waals surface area contributed by atoms with Crippen molar-refractivity contribution in [2.75, 3.05) is 20.8 Å². The van der Waals surface area contributed by atoms with Crippen LogP contribution in [0.2, 0.25) is 0 Å². The molecule has 0 radical (unpaired) electrons. The lowest BCUT2D eigenvalue weighted by Gasteiger charge is -2.18. The van der Waals surface area contributed by atoms with Gasteiger partial charge in [0, 0.05) is 18.8 Å². The largest absolute Gasteiger partial charge is 0.493 e. The van der Waals surface area contributed by atoms with Crippen molar-refractivity contribution in [2.45, 2.75) is 26.4 Å². The van der Waals surface area contributed by atoms with Gasteiger partial charge in [-0.3, -0.25) is 0 Å². The van der Waals surface area contributed by atoms with Gasteiger partial charge in [0.1, 0.15) is 0 Å². The number of aromatic nitrogens is 1. The topological polar surface area (TPSA) is 77.0 Å². The molecule has 0 fully saturated rings. The SMILES string of the molecule is CCNC(=NCc1ccc(Oc2c(OC)cccc2OC)nc1)NC(C)c1ccccc1.I. The van der Waals surface area contributed by atoms with Crippen LogP contribution in [0.4, 0.5) is 0 Å². The van der Waals surface area contributed by atoms with E-state index in [0.29, 0.717) is 29.7 Å². The maximum Gasteiger partial charge on any atom is 0.219 e. The molecule has 1 heterocycles. The number of halogens is 1. The molecule has 0 aliphatic heterocycles. The lowest BCUT2D eigenvalue weighted by atomic mass is 10.1. The number of ether oxygens (including phenoxy) is 3. The number of para-hydroxylation sites is 1. The number of rotatable bonds is 9. The molecule has 0 amide bonds. The Kier molecular flexibility index (Phi) is 10.8. The molecule has 176 valence electrons. The smallest absolute Gasteiger partial charge is 0.219 e. The molecule has 0 bridgehead atoms. The van der Waals surface area contributed by atoms with E-state index in [1.807, 2.05) is 55.5 Å². The summed E-state index contributed by atoms with van der Waals surface area (Å²) in [5.74, 6) is 2.85. The van der Waals surface area contributed by atoms with Crippen molar-refractivity contribution in [3.8, 4) is 23.1 Å². The molecule has 7 nitrogen and oxygen atoms in total. The Labute approximate surface area is 212 Å². The van der Waals surface area contributed by atoms with Crippen LogP contribution in [0.1, 0.15) is 31.0 Å². The van der Waals surface area contributed by atoms with Crippen LogP contribution >= 0.6 is 24.0 Å². The molecular weight excluding hydrogens is 531 g/mol. The third kappa shape index (κ3) is 7.52. The highest BCUT2D eigenvalue weighted by atomic mass is 127. The molecule has 0 aliphatic rings. The van der Waals surface area contributed by atoms with Crippen LogP contribution in [0.3, 0.4) is 0 Å². The van der Waals surface area contributed by atoms with Crippen LogP contribution in [0.25, 0.3) is 0 Å². The summed E-state index contributed by atoms with van der Waals surface area (Å²) in [6, 6.07) is 19.6. The summed E-state index contributed by atoms with van der Waals surface area (Å²) in [7, 11) is 3.18. The van der Waals surface area contributed by atoms with Crippen LogP contribution in [0.15, 0.2) is 71.9 Å². The van der Waals surface area contributed by atoms with E-state index in [2.05, 4.69) is 34.7 Å². The van der Waals surface area contributed by atoms with Crippen molar-refractivity contribution in [1.82, 2.24) is 15.6 Å². The van der Waals surface area contributed by atoms with Crippen molar-refractivity contribution in [1.29, 1.82) is 0 Å². The van der Waals surface area contributed by atoms with Crippen LogP contribution in [-0.2, 0) is 6.54 Å². The molecule has 33 heavy (non-hydrogen) atoms. The zero-order valence-electron chi connectivity index (χ0n) is 19.4. The number of methoxy groups -OCH3 is 2. The van der Waals surface area contributed by atoms with Gasteiger partial charge >= 0.3 is 0 Å². The van der Waals surface area contributed by atoms with Gasteiger partial charge in [0.15, 0.2) is 17.5 Å². The van der Waals surface area contributed by atoms with E-state index in [9.17, 15) is 0 Å². The highest BCUT2D eigenvalue weighted by Crippen LogP contribution is 2.39. The van der Waals surface area contributed by atoms with Crippen LogP contribution in [0.5, 0.6) is 23.1 Å². The first-order valence-electron chi connectivity index (χ1n) is 10.6. The molecular formula is C25H31IN4O3. The van der Waals surface area contributed by atoms with Crippen molar-refractivity contribution in [3.63, 3.8) is 0 Å². The minimum atomic E-state index is 0. The number of pyridine rings is 1. The van der Waals surface area contributed by atoms with E-state index in [-0.39, 0.29) is 30.0 Å². The average molecular weight is 562 g/mol. The summed E-state index contributed by atoms with van der Waals surface area (Å²) in [5, 5.41) is 6.73. The second kappa shape index (κ2) is 13.5. The third-order valence-electron chi connectivity index (χ3n) is 4.80. The van der Waals surface area contributed by atoms with Gasteiger partial charge < -0.3 is 24.8 Å². The fraction of sp³-hybridized carbons (Fsp3) is 0.280. The molecule has 0 saturated carbocycles. The Balaban J connectivity index is 0.00000385. The summed E-state index contributed by atoms with van der Waals surface area (Å²) in [6.07, 6.45) is 1.75. The van der Waals surface area contributed by atoms with Crippen LogP contribution < -0.4 is 24.8 Å². The minimum absolute atomic E-state index is 0. The molecule has 3 aromatic rings. The highest BCUT2D eigenvalue weighted by Gasteiger charge is 2.13. The lowest BCUT2D eigenvalue weighted by Crippen LogP contribution is -2.38. The second-order valence-corrected chi connectivity index (χ2v) is 7.07. The van der Waals surface area contributed by atoms with E-state index in [1.54, 1.807) is 20.4 Å². The summed E-state index contributed by atoms with van der Waals surface area (Å²) in [6.45, 7) is 5.42. The third-order valence-corrected chi connectivity index (χ3v) is 4.80. The van der Waals surface area contributed by atoms with Gasteiger partial charge in [-0.2, -0.15) is 0 Å². The summed E-state index contributed by atoms with van der Waals surface area (Å²) < 4.78 is 16.7. The van der Waals surface area contributed by atoms with Crippen LogP contribution in [0, 0.1) is 0 Å². The van der Waals surface area contributed by atoms with E-state index < -0.39 is 0 Å². The number of nitrogens with zero attached hydrogens (tertiary/aromatic N) is 2. The first-order chi connectivity index (χ1) is 15.6. The van der Waals surface area contributed by atoms with E-state index in [1.165, 1.54) is 5.56 Å². The number of guanidine groups is 1. The maximum absolute atomic E-state index is 5.92. The average Bonchev–Trinajstić information content (AvgIpc) is 2.84. The number of hydrogen-bond donors (Lipinski definition) is 2. The van der Waals surface area contributed by atoms with Gasteiger partial charge in [-0.1, -0.05) is 42.5 Å².